The minimum Gasteiger partial charge on any atom is -0.367 e. The summed E-state index contributed by atoms with van der Waals surface area (Å²) >= 11 is 0. The molecule has 0 saturated carbocycles. The molecule has 29 heavy (non-hydrogen) atoms. The number of carbonyl (C=O) groups is 1. The summed E-state index contributed by atoms with van der Waals surface area (Å²) in [6, 6.07) is 12.2. The van der Waals surface area contributed by atoms with E-state index in [0.29, 0.717) is 38.0 Å². The molecule has 0 bridgehead atoms. The molecule has 1 aromatic heterocycles. The lowest BCUT2D eigenvalue weighted by atomic mass is 10.1. The molecule has 4 rings (SSSR count). The summed E-state index contributed by atoms with van der Waals surface area (Å²) in [6.07, 6.45) is -2.65. The fraction of sp³-hybridized carbons (Fsp3) is 0.429. The van der Waals surface area contributed by atoms with Crippen molar-refractivity contribution in [1.29, 1.82) is 0 Å². The first-order valence-corrected chi connectivity index (χ1v) is 9.61. The van der Waals surface area contributed by atoms with Crippen LogP contribution < -0.4 is 4.90 Å². The Labute approximate surface area is 167 Å². The number of alkyl halides is 3. The molecule has 2 fully saturated rings. The van der Waals surface area contributed by atoms with Crippen molar-refractivity contribution in [2.45, 2.75) is 25.2 Å². The number of rotatable bonds is 5. The van der Waals surface area contributed by atoms with Crippen molar-refractivity contribution < 1.29 is 22.7 Å². The van der Waals surface area contributed by atoms with Gasteiger partial charge < -0.3 is 14.5 Å². The largest absolute Gasteiger partial charge is 0.417 e. The number of nitrogens with zero attached hydrogens (tertiary/aromatic N) is 3. The first-order valence-electron chi connectivity index (χ1n) is 9.61. The molecule has 0 spiro atoms. The first kappa shape index (κ1) is 19.7. The van der Waals surface area contributed by atoms with Crippen molar-refractivity contribution in [3.63, 3.8) is 0 Å². The monoisotopic (exact) mass is 405 g/mol. The Morgan fingerprint density at radius 1 is 1.14 bits per heavy atom. The normalized spacial score (nSPS) is 21.5. The molecule has 2 unspecified atom stereocenters. The van der Waals surface area contributed by atoms with Crippen LogP contribution in [0.4, 0.5) is 19.0 Å². The van der Waals surface area contributed by atoms with E-state index in [2.05, 4.69) is 4.98 Å². The van der Waals surface area contributed by atoms with Gasteiger partial charge in [-0.1, -0.05) is 30.3 Å². The van der Waals surface area contributed by atoms with Gasteiger partial charge in [0, 0.05) is 31.7 Å². The molecule has 1 amide bonds. The Hall–Kier alpha value is -2.61. The van der Waals surface area contributed by atoms with Crippen LogP contribution in [0.2, 0.25) is 0 Å². The summed E-state index contributed by atoms with van der Waals surface area (Å²) in [5, 5.41) is 0. The van der Waals surface area contributed by atoms with Crippen LogP contribution in [-0.2, 0) is 22.3 Å². The summed E-state index contributed by atoms with van der Waals surface area (Å²) in [7, 11) is 0. The van der Waals surface area contributed by atoms with Gasteiger partial charge in [0.25, 0.3) is 0 Å². The van der Waals surface area contributed by atoms with Crippen LogP contribution >= 0.6 is 0 Å². The molecule has 2 saturated heterocycles. The van der Waals surface area contributed by atoms with Crippen LogP contribution in [-0.4, -0.2) is 48.1 Å². The summed E-state index contributed by atoms with van der Waals surface area (Å²) in [6.45, 7) is 2.37. The molecular weight excluding hydrogens is 383 g/mol. The fourth-order valence-corrected chi connectivity index (χ4v) is 4.11. The Morgan fingerprint density at radius 2 is 1.93 bits per heavy atom. The average molecular weight is 405 g/mol. The quantitative estimate of drug-likeness (QED) is 0.766. The van der Waals surface area contributed by atoms with Crippen LogP contribution in [0.25, 0.3) is 0 Å². The molecule has 5 nitrogen and oxygen atoms in total. The number of likely N-dealkylation sites (tertiary alicyclic amines) is 1. The van der Waals surface area contributed by atoms with E-state index >= 15 is 0 Å². The molecule has 2 aromatic rings. The summed E-state index contributed by atoms with van der Waals surface area (Å²) in [4.78, 5) is 20.4. The molecule has 8 heteroatoms. The molecule has 154 valence electrons. The highest BCUT2D eigenvalue weighted by molar-refractivity contribution is 5.78. The summed E-state index contributed by atoms with van der Waals surface area (Å²) in [5.74, 6) is 0.771. The second-order valence-electron chi connectivity index (χ2n) is 7.49. The highest BCUT2D eigenvalue weighted by Gasteiger charge is 2.43. The average Bonchev–Trinajstić information content (AvgIpc) is 3.29. The summed E-state index contributed by atoms with van der Waals surface area (Å²) in [5.41, 5.74) is 0.257. The smallest absolute Gasteiger partial charge is 0.367 e. The second kappa shape index (κ2) is 8.02. The van der Waals surface area contributed by atoms with Gasteiger partial charge in [0.15, 0.2) is 0 Å². The van der Waals surface area contributed by atoms with E-state index < -0.39 is 11.7 Å². The van der Waals surface area contributed by atoms with Gasteiger partial charge in [-0.15, -0.1) is 0 Å². The van der Waals surface area contributed by atoms with Gasteiger partial charge in [0.2, 0.25) is 5.91 Å². The van der Waals surface area contributed by atoms with E-state index in [9.17, 15) is 18.0 Å². The number of hydrogen-bond donors (Lipinski definition) is 0. The molecule has 3 heterocycles. The van der Waals surface area contributed by atoms with Crippen molar-refractivity contribution >= 4 is 11.7 Å². The molecule has 2 atom stereocenters. The maximum Gasteiger partial charge on any atom is 0.417 e. The molecule has 2 aliphatic rings. The topological polar surface area (TPSA) is 45.7 Å². The SMILES string of the molecule is O=C(COCc1ccccc1)N1CCC2CN(c3ccc(C(F)(F)F)cn3)CC21. The number of halogens is 3. The van der Waals surface area contributed by atoms with Crippen molar-refractivity contribution in [3.8, 4) is 0 Å². The zero-order chi connectivity index (χ0) is 20.4. The van der Waals surface area contributed by atoms with Crippen molar-refractivity contribution in [3.05, 3.63) is 59.8 Å². The number of carbonyl (C=O) groups excluding carboxylic acids is 1. The Kier molecular flexibility index (Phi) is 5.45. The van der Waals surface area contributed by atoms with Crippen LogP contribution in [0.1, 0.15) is 17.5 Å². The molecule has 0 radical (unpaired) electrons. The van der Waals surface area contributed by atoms with Gasteiger partial charge in [-0.25, -0.2) is 4.98 Å². The number of ether oxygens (including phenoxy) is 1. The number of anilines is 1. The fourth-order valence-electron chi connectivity index (χ4n) is 4.11. The van der Waals surface area contributed by atoms with Crippen LogP contribution in [0.5, 0.6) is 0 Å². The standard InChI is InChI=1S/C21H22F3N3O2/c22-21(23,24)17-6-7-19(25-10-17)26-11-16-8-9-27(18(16)12-26)20(28)14-29-13-15-4-2-1-3-5-15/h1-7,10,16,18H,8-9,11-14H2. The van der Waals surface area contributed by atoms with Crippen molar-refractivity contribution in [2.75, 3.05) is 31.1 Å². The van der Waals surface area contributed by atoms with Gasteiger partial charge in [0.1, 0.15) is 12.4 Å². The number of hydrogen-bond acceptors (Lipinski definition) is 4. The van der Waals surface area contributed by atoms with E-state index in [-0.39, 0.29) is 18.6 Å². The highest BCUT2D eigenvalue weighted by atomic mass is 19.4. The predicted octanol–water partition coefficient (Wildman–Crippen LogP) is 3.35. The van der Waals surface area contributed by atoms with Crippen LogP contribution in [0.15, 0.2) is 48.7 Å². The lowest BCUT2D eigenvalue weighted by molar-refractivity contribution is -0.138. The van der Waals surface area contributed by atoms with E-state index in [1.807, 2.05) is 40.1 Å². The number of fused-ring (bicyclic) bond motifs is 1. The number of aromatic nitrogens is 1. The van der Waals surface area contributed by atoms with E-state index in [1.54, 1.807) is 0 Å². The molecule has 0 aliphatic carbocycles. The summed E-state index contributed by atoms with van der Waals surface area (Å²) < 4.78 is 43.8. The van der Waals surface area contributed by atoms with Gasteiger partial charge in [-0.3, -0.25) is 4.79 Å². The second-order valence-corrected chi connectivity index (χ2v) is 7.49. The van der Waals surface area contributed by atoms with E-state index in [1.165, 1.54) is 6.07 Å². The van der Waals surface area contributed by atoms with Gasteiger partial charge in [-0.05, 0) is 24.1 Å². The van der Waals surface area contributed by atoms with Gasteiger partial charge >= 0.3 is 6.18 Å². The number of amides is 1. The van der Waals surface area contributed by atoms with E-state index in [4.69, 9.17) is 4.74 Å². The van der Waals surface area contributed by atoms with Crippen LogP contribution in [0, 0.1) is 5.92 Å². The number of pyridine rings is 1. The lowest BCUT2D eigenvalue weighted by Crippen LogP contribution is -2.41. The van der Waals surface area contributed by atoms with Crippen LogP contribution in [0.3, 0.4) is 0 Å². The first-order chi connectivity index (χ1) is 13.9. The van der Waals surface area contributed by atoms with Crippen molar-refractivity contribution in [2.24, 2.45) is 5.92 Å². The third-order valence-electron chi connectivity index (χ3n) is 5.60. The Balaban J connectivity index is 1.33. The maximum atomic E-state index is 12.7. The molecule has 1 aromatic carbocycles. The van der Waals surface area contributed by atoms with E-state index in [0.717, 1.165) is 24.2 Å². The zero-order valence-corrected chi connectivity index (χ0v) is 15.8. The third kappa shape index (κ3) is 4.37. The maximum absolute atomic E-state index is 12.7. The van der Waals surface area contributed by atoms with Gasteiger partial charge in [-0.2, -0.15) is 13.2 Å². The Morgan fingerprint density at radius 3 is 2.62 bits per heavy atom. The predicted molar refractivity (Wildman–Crippen MR) is 101 cm³/mol. The minimum absolute atomic E-state index is 0.0244. The zero-order valence-electron chi connectivity index (χ0n) is 15.8. The Bertz CT molecular complexity index is 842. The third-order valence-corrected chi connectivity index (χ3v) is 5.60. The number of benzene rings is 1. The van der Waals surface area contributed by atoms with Crippen molar-refractivity contribution in [1.82, 2.24) is 9.88 Å². The molecular formula is C21H22F3N3O2. The van der Waals surface area contributed by atoms with Gasteiger partial charge in [0.05, 0.1) is 18.2 Å². The lowest BCUT2D eigenvalue weighted by Gasteiger charge is -2.25. The molecule has 2 aliphatic heterocycles. The molecule has 0 N–H and O–H groups in total. The highest BCUT2D eigenvalue weighted by Crippen LogP contribution is 2.35. The minimum atomic E-state index is -4.39.